The Kier molecular flexibility index (Phi) is 9.32. The predicted molar refractivity (Wildman–Crippen MR) is 146 cm³/mol. The van der Waals surface area contributed by atoms with Crippen molar-refractivity contribution in [2.45, 2.75) is 20.1 Å². The molecule has 4 rings (SSSR count). The molecule has 1 amide bonds. The van der Waals surface area contributed by atoms with Gasteiger partial charge in [-0.05, 0) is 72.1 Å². The summed E-state index contributed by atoms with van der Waals surface area (Å²) >= 11 is 6.33. The minimum Gasteiger partial charge on any atom is -0.490 e. The molecule has 0 spiro atoms. The number of ether oxygens (including phenoxy) is 3. The highest BCUT2D eigenvalue weighted by atomic mass is 35.5. The number of halogens is 2. The van der Waals surface area contributed by atoms with Gasteiger partial charge in [0.05, 0.1) is 17.8 Å². The Balaban J connectivity index is 1.34. The van der Waals surface area contributed by atoms with Crippen LogP contribution in [0.2, 0.25) is 5.02 Å². The predicted octanol–water partition coefficient (Wildman–Crippen LogP) is 6.80. The van der Waals surface area contributed by atoms with Gasteiger partial charge in [-0.2, -0.15) is 5.10 Å². The summed E-state index contributed by atoms with van der Waals surface area (Å²) in [4.78, 5) is 12.7. The van der Waals surface area contributed by atoms with Crippen molar-refractivity contribution in [3.63, 3.8) is 0 Å². The Morgan fingerprint density at radius 2 is 1.53 bits per heavy atom. The smallest absolute Gasteiger partial charge is 0.271 e. The molecule has 0 bridgehead atoms. The molecule has 0 aliphatic carbocycles. The van der Waals surface area contributed by atoms with E-state index < -0.39 is 5.91 Å². The van der Waals surface area contributed by atoms with Gasteiger partial charge >= 0.3 is 0 Å². The van der Waals surface area contributed by atoms with Crippen LogP contribution in [0.5, 0.6) is 17.2 Å². The first-order valence-corrected chi connectivity index (χ1v) is 12.3. The molecule has 0 atom stereocenters. The number of hydrazone groups is 1. The number of nitrogens with zero attached hydrogens (tertiary/aromatic N) is 1. The monoisotopic (exact) mass is 532 g/mol. The number of carbonyl (C=O) groups excluding carboxylic acids is 1. The lowest BCUT2D eigenvalue weighted by molar-refractivity contribution is 0.0954. The highest BCUT2D eigenvalue weighted by Gasteiger charge is 2.12. The first-order valence-electron chi connectivity index (χ1n) is 12.0. The van der Waals surface area contributed by atoms with Gasteiger partial charge in [-0.3, -0.25) is 4.79 Å². The van der Waals surface area contributed by atoms with Gasteiger partial charge in [-0.25, -0.2) is 9.82 Å². The summed E-state index contributed by atoms with van der Waals surface area (Å²) < 4.78 is 30.3. The molecule has 0 aliphatic heterocycles. The van der Waals surface area contributed by atoms with E-state index in [0.29, 0.717) is 46.6 Å². The van der Waals surface area contributed by atoms with Crippen LogP contribution in [0.4, 0.5) is 4.39 Å². The van der Waals surface area contributed by atoms with Gasteiger partial charge in [-0.15, -0.1) is 0 Å². The van der Waals surface area contributed by atoms with E-state index in [0.717, 1.165) is 11.1 Å². The number of benzene rings is 4. The fourth-order valence-corrected chi connectivity index (χ4v) is 3.70. The molecule has 8 heteroatoms. The molecule has 0 aromatic heterocycles. The maximum Gasteiger partial charge on any atom is 0.271 e. The van der Waals surface area contributed by atoms with Gasteiger partial charge in [0, 0.05) is 5.56 Å². The summed E-state index contributed by atoms with van der Waals surface area (Å²) in [6.07, 6.45) is 1.48. The van der Waals surface area contributed by atoms with Crippen LogP contribution < -0.4 is 19.6 Å². The minimum atomic E-state index is -0.401. The summed E-state index contributed by atoms with van der Waals surface area (Å²) in [5, 5.41) is 4.42. The van der Waals surface area contributed by atoms with Crippen molar-refractivity contribution < 1.29 is 23.4 Å². The van der Waals surface area contributed by atoms with Crippen LogP contribution in [0.1, 0.15) is 34.0 Å². The van der Waals surface area contributed by atoms with Gasteiger partial charge in [0.15, 0.2) is 11.5 Å². The van der Waals surface area contributed by atoms with Gasteiger partial charge in [0.1, 0.15) is 24.8 Å². The van der Waals surface area contributed by atoms with Crippen molar-refractivity contribution >= 4 is 23.7 Å². The average Bonchev–Trinajstić information content (AvgIpc) is 2.93. The SMILES string of the molecule is CCOc1cc(C(=O)N/N=C/c2ccc(OCc3ccc(F)cc3)c(Cl)c2)ccc1OCc1ccccc1. The highest BCUT2D eigenvalue weighted by Crippen LogP contribution is 2.29. The Labute approximate surface area is 225 Å². The second-order valence-electron chi connectivity index (χ2n) is 8.17. The van der Waals surface area contributed by atoms with Crippen LogP contribution in [0.25, 0.3) is 0 Å². The normalized spacial score (nSPS) is 10.8. The van der Waals surface area contributed by atoms with Crippen molar-refractivity contribution in [1.82, 2.24) is 5.43 Å². The molecule has 0 aliphatic rings. The average molecular weight is 533 g/mol. The molecule has 0 heterocycles. The molecule has 38 heavy (non-hydrogen) atoms. The van der Waals surface area contributed by atoms with E-state index in [1.54, 1.807) is 48.5 Å². The first-order chi connectivity index (χ1) is 18.5. The largest absolute Gasteiger partial charge is 0.490 e. The van der Waals surface area contributed by atoms with Crippen molar-refractivity contribution in [3.8, 4) is 17.2 Å². The maximum atomic E-state index is 13.0. The Morgan fingerprint density at radius 3 is 2.24 bits per heavy atom. The van der Waals surface area contributed by atoms with Gasteiger partial charge in [0.25, 0.3) is 5.91 Å². The van der Waals surface area contributed by atoms with Gasteiger partial charge < -0.3 is 14.2 Å². The summed E-state index contributed by atoms with van der Waals surface area (Å²) in [6, 6.07) is 25.9. The lowest BCUT2D eigenvalue weighted by Gasteiger charge is -2.13. The van der Waals surface area contributed by atoms with E-state index in [9.17, 15) is 9.18 Å². The first kappa shape index (κ1) is 26.7. The van der Waals surface area contributed by atoms with Crippen molar-refractivity contribution in [2.75, 3.05) is 6.61 Å². The van der Waals surface area contributed by atoms with E-state index in [4.69, 9.17) is 25.8 Å². The lowest BCUT2D eigenvalue weighted by atomic mass is 10.2. The van der Waals surface area contributed by atoms with Crippen LogP contribution in [-0.4, -0.2) is 18.7 Å². The van der Waals surface area contributed by atoms with E-state index >= 15 is 0 Å². The van der Waals surface area contributed by atoms with E-state index in [1.807, 2.05) is 37.3 Å². The third-order valence-electron chi connectivity index (χ3n) is 5.39. The topological polar surface area (TPSA) is 69.2 Å². The van der Waals surface area contributed by atoms with Crippen molar-refractivity contribution in [3.05, 3.63) is 124 Å². The highest BCUT2D eigenvalue weighted by molar-refractivity contribution is 6.32. The Bertz CT molecular complexity index is 1400. The van der Waals surface area contributed by atoms with Gasteiger partial charge in [0.2, 0.25) is 0 Å². The van der Waals surface area contributed by atoms with Crippen LogP contribution in [-0.2, 0) is 13.2 Å². The molecular weight excluding hydrogens is 507 g/mol. The quantitative estimate of drug-likeness (QED) is 0.170. The zero-order valence-electron chi connectivity index (χ0n) is 20.7. The second kappa shape index (κ2) is 13.3. The molecular formula is C30H26ClFN2O4. The summed E-state index contributed by atoms with van der Waals surface area (Å²) in [6.45, 7) is 2.93. The van der Waals surface area contributed by atoms with Crippen molar-refractivity contribution in [1.29, 1.82) is 0 Å². The Hall–Kier alpha value is -4.36. The molecule has 0 unspecified atom stereocenters. The minimum absolute atomic E-state index is 0.253. The molecule has 0 saturated carbocycles. The lowest BCUT2D eigenvalue weighted by Crippen LogP contribution is -2.17. The molecule has 0 radical (unpaired) electrons. The number of hydrogen-bond acceptors (Lipinski definition) is 5. The molecule has 194 valence electrons. The van der Waals surface area contributed by atoms with Crippen LogP contribution in [0.15, 0.2) is 96.1 Å². The third-order valence-corrected chi connectivity index (χ3v) is 5.68. The number of amides is 1. The molecule has 1 N–H and O–H groups in total. The fourth-order valence-electron chi connectivity index (χ4n) is 3.46. The number of carbonyl (C=O) groups is 1. The van der Waals surface area contributed by atoms with E-state index in [2.05, 4.69) is 10.5 Å². The van der Waals surface area contributed by atoms with E-state index in [-0.39, 0.29) is 12.4 Å². The van der Waals surface area contributed by atoms with Gasteiger partial charge in [-0.1, -0.05) is 54.1 Å². The maximum absolute atomic E-state index is 13.0. The Morgan fingerprint density at radius 1 is 0.842 bits per heavy atom. The molecule has 0 saturated heterocycles. The van der Waals surface area contributed by atoms with Crippen molar-refractivity contribution in [2.24, 2.45) is 5.10 Å². The third kappa shape index (κ3) is 7.57. The zero-order chi connectivity index (χ0) is 26.7. The zero-order valence-corrected chi connectivity index (χ0v) is 21.5. The summed E-state index contributed by atoms with van der Waals surface area (Å²) in [5.74, 6) is 0.801. The van der Waals surface area contributed by atoms with Crippen LogP contribution >= 0.6 is 11.6 Å². The summed E-state index contributed by atoms with van der Waals surface area (Å²) in [5.41, 5.74) is 5.40. The number of hydrogen-bond donors (Lipinski definition) is 1. The van der Waals surface area contributed by atoms with Crippen LogP contribution in [0, 0.1) is 5.82 Å². The molecule has 0 fully saturated rings. The number of nitrogens with one attached hydrogen (secondary N) is 1. The fraction of sp³-hybridized carbons (Fsp3) is 0.133. The second-order valence-corrected chi connectivity index (χ2v) is 8.58. The standard InChI is InChI=1S/C30H26ClFN2O4/c1-2-36-29-17-24(11-15-28(29)38-19-21-6-4-3-5-7-21)30(35)34-33-18-23-10-14-27(26(31)16-23)37-20-22-8-12-25(32)13-9-22/h3-18H,2,19-20H2,1H3,(H,34,35)/b33-18+. The van der Waals surface area contributed by atoms with E-state index in [1.165, 1.54) is 18.3 Å². The number of rotatable bonds is 11. The molecule has 4 aromatic rings. The van der Waals surface area contributed by atoms with Crippen LogP contribution in [0.3, 0.4) is 0 Å². The molecule has 6 nitrogen and oxygen atoms in total. The molecule has 4 aromatic carbocycles. The summed E-state index contributed by atoms with van der Waals surface area (Å²) in [7, 11) is 0.